The van der Waals surface area contributed by atoms with Crippen molar-refractivity contribution in [3.8, 4) is 11.5 Å². The maximum atomic E-state index is 12.3. The van der Waals surface area contributed by atoms with Crippen LogP contribution in [0.2, 0.25) is 0 Å². The van der Waals surface area contributed by atoms with E-state index in [1.807, 2.05) is 122 Å². The fourth-order valence-electron chi connectivity index (χ4n) is 10.3. The van der Waals surface area contributed by atoms with E-state index in [1.165, 1.54) is 152 Å². The first-order valence-electron chi connectivity index (χ1n) is 29.3. The van der Waals surface area contributed by atoms with Crippen molar-refractivity contribution in [3.05, 3.63) is 167 Å². The monoisotopic (exact) mass is 997 g/mol. The third-order valence-electron chi connectivity index (χ3n) is 14.8. The number of ether oxygens (including phenoxy) is 3. The fourth-order valence-corrected chi connectivity index (χ4v) is 10.3. The molecule has 0 aliphatic carbocycles. The van der Waals surface area contributed by atoms with Gasteiger partial charge in [-0.25, -0.2) is 0 Å². The first-order chi connectivity index (χ1) is 35.9. The Morgan fingerprint density at radius 3 is 1.00 bits per heavy atom. The van der Waals surface area contributed by atoms with Crippen molar-refractivity contribution in [2.24, 2.45) is 0 Å². The summed E-state index contributed by atoms with van der Waals surface area (Å²) in [4.78, 5) is 0. The molecule has 4 atom stereocenters. The molecule has 6 heteroatoms. The molecule has 0 radical (unpaired) electrons. The summed E-state index contributed by atoms with van der Waals surface area (Å²) < 4.78 is 20.3. The van der Waals surface area contributed by atoms with Gasteiger partial charge in [-0.1, -0.05) is 277 Å². The number of benzene rings is 5. The first-order valence-corrected chi connectivity index (χ1v) is 29.3. The molecule has 0 aromatic heterocycles. The van der Waals surface area contributed by atoms with E-state index in [9.17, 15) is 15.3 Å². The average Bonchev–Trinajstić information content (AvgIpc) is 3.43. The molecule has 6 nitrogen and oxygen atoms in total. The molecule has 3 N–H and O–H groups in total. The minimum atomic E-state index is -1.52. The summed E-state index contributed by atoms with van der Waals surface area (Å²) in [6, 6.07) is 46.1. The highest BCUT2D eigenvalue weighted by Gasteiger charge is 2.45. The molecule has 0 aliphatic rings. The van der Waals surface area contributed by atoms with Gasteiger partial charge in [-0.2, -0.15) is 0 Å². The molecule has 0 saturated carbocycles. The third kappa shape index (κ3) is 21.4. The summed E-state index contributed by atoms with van der Waals surface area (Å²) in [5.41, 5.74) is 3.79. The average molecular weight is 997 g/mol. The molecule has 5 aromatic carbocycles. The lowest BCUT2D eigenvalue weighted by Gasteiger charge is -2.42. The smallest absolute Gasteiger partial charge is 0.243 e. The summed E-state index contributed by atoms with van der Waals surface area (Å²) in [7, 11) is 0. The maximum Gasteiger partial charge on any atom is 0.243 e. The Labute approximate surface area is 443 Å². The van der Waals surface area contributed by atoms with Gasteiger partial charge in [0, 0.05) is 0 Å². The topological polar surface area (TPSA) is 88.4 Å². The normalized spacial score (nSPS) is 13.5. The van der Waals surface area contributed by atoms with Gasteiger partial charge in [-0.15, -0.1) is 0 Å². The Kier molecular flexibility index (Phi) is 29.0. The van der Waals surface area contributed by atoms with Gasteiger partial charge in [0.15, 0.2) is 0 Å². The van der Waals surface area contributed by atoms with Gasteiger partial charge in [-0.3, -0.25) is 0 Å². The number of unbranched alkanes of at least 4 members (excludes halogenated alkanes) is 22. The summed E-state index contributed by atoms with van der Waals surface area (Å²) in [6.45, 7) is 6.41. The zero-order valence-corrected chi connectivity index (χ0v) is 45.5. The lowest BCUT2D eigenvalue weighted by atomic mass is 9.79. The number of aryl methyl sites for hydroxylation is 2. The predicted octanol–water partition coefficient (Wildman–Crippen LogP) is 17.2. The summed E-state index contributed by atoms with van der Waals surface area (Å²) in [5.74, 6) is 1.23. The van der Waals surface area contributed by atoms with Crippen LogP contribution in [0.1, 0.15) is 216 Å². The molecule has 0 bridgehead atoms. The van der Waals surface area contributed by atoms with Crippen LogP contribution in [0.25, 0.3) is 0 Å². The van der Waals surface area contributed by atoms with Crippen molar-refractivity contribution >= 4 is 0 Å². The molecule has 400 valence electrons. The summed E-state index contributed by atoms with van der Waals surface area (Å²) in [5, 5.41) is 36.2. The van der Waals surface area contributed by atoms with Crippen LogP contribution in [-0.4, -0.2) is 46.0 Å². The van der Waals surface area contributed by atoms with Crippen molar-refractivity contribution in [1.82, 2.24) is 0 Å². The van der Waals surface area contributed by atoms with Gasteiger partial charge in [-0.05, 0) is 84.2 Å². The molecule has 0 fully saturated rings. The van der Waals surface area contributed by atoms with Crippen molar-refractivity contribution in [1.29, 1.82) is 0 Å². The van der Waals surface area contributed by atoms with E-state index in [1.54, 1.807) is 0 Å². The fraction of sp³-hybridized carbons (Fsp3) is 0.552. The minimum Gasteiger partial charge on any atom is -0.455 e. The van der Waals surface area contributed by atoms with Gasteiger partial charge in [0.05, 0.1) is 18.6 Å². The van der Waals surface area contributed by atoms with E-state index in [4.69, 9.17) is 14.2 Å². The van der Waals surface area contributed by atoms with Crippen LogP contribution in [0, 0.1) is 0 Å². The van der Waals surface area contributed by atoms with Crippen LogP contribution >= 0.6 is 0 Å². The van der Waals surface area contributed by atoms with Gasteiger partial charge >= 0.3 is 0 Å². The van der Waals surface area contributed by atoms with Crippen molar-refractivity contribution in [2.75, 3.05) is 0 Å². The number of rotatable bonds is 41. The SMILES string of the molecule is CCCCCCCCCCCCCCc1ccc(OC(CC(O)C(O)C(OC(c2ccccc2)(c2ccccc2)c2ccccc2)C(O)CC)Oc2ccc(CCCCCCCCCCCCCC)cc2)cc1. The highest BCUT2D eigenvalue weighted by atomic mass is 16.7. The van der Waals surface area contributed by atoms with Crippen LogP contribution < -0.4 is 9.47 Å². The van der Waals surface area contributed by atoms with Crippen LogP contribution in [-0.2, 0) is 23.2 Å². The summed E-state index contributed by atoms with van der Waals surface area (Å²) >= 11 is 0. The number of hydrogen-bond acceptors (Lipinski definition) is 6. The highest BCUT2D eigenvalue weighted by molar-refractivity contribution is 5.47. The van der Waals surface area contributed by atoms with Gasteiger partial charge in [0.25, 0.3) is 0 Å². The largest absolute Gasteiger partial charge is 0.455 e. The third-order valence-corrected chi connectivity index (χ3v) is 14.8. The van der Waals surface area contributed by atoms with E-state index in [-0.39, 0.29) is 12.8 Å². The standard InChI is InChI=1S/C67H96O6/c1-4-7-9-11-13-15-17-19-21-23-25-30-38-55-46-50-60(51-47-55)71-64(72-61-52-48-56(49-53-61)39-31-26-24-22-20-18-16-14-12-10-8-5-2)54-63(69)65(70)66(62(68)6-3)73-67(57-40-32-27-33-41-57,58-42-34-28-35-43-58)59-44-36-29-37-45-59/h27-29,32-37,40-53,62-66,68-70H,4-26,30-31,38-39,54H2,1-3H3. The summed E-state index contributed by atoms with van der Waals surface area (Å²) in [6.07, 6.45) is 28.0. The van der Waals surface area contributed by atoms with E-state index < -0.39 is 36.3 Å². The van der Waals surface area contributed by atoms with Crippen LogP contribution in [0.4, 0.5) is 0 Å². The molecule has 5 aromatic rings. The second-order valence-corrected chi connectivity index (χ2v) is 20.9. The molecule has 4 unspecified atom stereocenters. The zero-order valence-electron chi connectivity index (χ0n) is 45.5. The van der Waals surface area contributed by atoms with Gasteiger partial charge in [0.1, 0.15) is 29.3 Å². The Balaban J connectivity index is 1.25. The van der Waals surface area contributed by atoms with Gasteiger partial charge < -0.3 is 29.5 Å². The van der Waals surface area contributed by atoms with E-state index >= 15 is 0 Å². The van der Waals surface area contributed by atoms with Crippen LogP contribution in [0.3, 0.4) is 0 Å². The molecule has 0 saturated heterocycles. The van der Waals surface area contributed by atoms with Gasteiger partial charge in [0.2, 0.25) is 6.29 Å². The van der Waals surface area contributed by atoms with E-state index in [0.717, 1.165) is 42.4 Å². The Hall–Kier alpha value is -4.46. The predicted molar refractivity (Wildman–Crippen MR) is 305 cm³/mol. The molecular weight excluding hydrogens is 901 g/mol. The quantitative estimate of drug-likeness (QED) is 0.0205. The number of aliphatic hydroxyl groups is 3. The minimum absolute atomic E-state index is 0.0896. The molecular formula is C67H96O6. The Bertz CT molecular complexity index is 1900. The lowest BCUT2D eigenvalue weighted by molar-refractivity contribution is -0.179. The van der Waals surface area contributed by atoms with Crippen LogP contribution in [0.5, 0.6) is 11.5 Å². The Morgan fingerprint density at radius 1 is 0.370 bits per heavy atom. The Morgan fingerprint density at radius 2 is 0.685 bits per heavy atom. The van der Waals surface area contributed by atoms with E-state index in [0.29, 0.717) is 11.5 Å². The van der Waals surface area contributed by atoms with Crippen molar-refractivity contribution < 1.29 is 29.5 Å². The lowest BCUT2D eigenvalue weighted by Crippen LogP contribution is -2.52. The molecule has 5 rings (SSSR count). The second-order valence-electron chi connectivity index (χ2n) is 20.9. The second kappa shape index (κ2) is 35.7. The zero-order chi connectivity index (χ0) is 51.6. The van der Waals surface area contributed by atoms with E-state index in [2.05, 4.69) is 38.1 Å². The molecule has 0 heterocycles. The van der Waals surface area contributed by atoms with Crippen molar-refractivity contribution in [3.63, 3.8) is 0 Å². The molecule has 73 heavy (non-hydrogen) atoms. The molecule has 0 spiro atoms. The van der Waals surface area contributed by atoms with Crippen LogP contribution in [0.15, 0.2) is 140 Å². The maximum absolute atomic E-state index is 12.3. The molecule has 0 amide bonds. The van der Waals surface area contributed by atoms with Crippen molar-refractivity contribution in [2.45, 2.75) is 237 Å². The number of hydrogen-bond donors (Lipinski definition) is 3. The molecule has 0 aliphatic heterocycles. The first kappa shape index (κ1) is 59.4. The number of aliphatic hydroxyl groups excluding tert-OH is 3. The highest BCUT2D eigenvalue weighted by Crippen LogP contribution is 2.43.